The fourth-order valence-corrected chi connectivity index (χ4v) is 5.28. The standard InChI is InChI=1S/C30H30F3N5O4/c1-41-23-8-4-6-21(17-23)36-11-13-37(14-12-36)29-35-25-10-9-19(28(34)40)15-24(25)26(18-27(39)42-2)38(29)22-7-3-5-20(16-22)30(31,32)33/h3-10,15-17,26H,11-14,18H2,1-2H3,(H2,34,40). The summed E-state index contributed by atoms with van der Waals surface area (Å²) in [5.41, 5.74) is 7.04. The van der Waals surface area contributed by atoms with Gasteiger partial charge >= 0.3 is 12.1 Å². The van der Waals surface area contributed by atoms with Gasteiger partial charge in [-0.25, -0.2) is 4.99 Å². The number of hydrogen-bond donors (Lipinski definition) is 1. The number of anilines is 2. The van der Waals surface area contributed by atoms with Crippen LogP contribution in [-0.2, 0) is 15.7 Å². The van der Waals surface area contributed by atoms with Crippen molar-refractivity contribution in [1.29, 1.82) is 0 Å². The number of carbonyl (C=O) groups is 2. The van der Waals surface area contributed by atoms with Gasteiger partial charge < -0.3 is 29.9 Å². The van der Waals surface area contributed by atoms with E-state index in [0.29, 0.717) is 43.4 Å². The Labute approximate surface area is 240 Å². The molecule has 2 N–H and O–H groups in total. The minimum Gasteiger partial charge on any atom is -0.497 e. The van der Waals surface area contributed by atoms with Gasteiger partial charge in [-0.3, -0.25) is 9.59 Å². The number of carbonyl (C=O) groups excluding carboxylic acids is 2. The number of amides is 1. The number of hydrogen-bond acceptors (Lipinski definition) is 8. The van der Waals surface area contributed by atoms with Crippen molar-refractivity contribution < 1.29 is 32.2 Å². The highest BCUT2D eigenvalue weighted by Gasteiger charge is 2.38. The molecule has 2 aliphatic heterocycles. The van der Waals surface area contributed by atoms with Gasteiger partial charge in [-0.1, -0.05) is 12.1 Å². The summed E-state index contributed by atoms with van der Waals surface area (Å²) in [5.74, 6) is -0.118. The Bertz CT molecular complexity index is 1520. The number of nitrogens with two attached hydrogens (primary N) is 1. The number of ether oxygens (including phenoxy) is 2. The summed E-state index contributed by atoms with van der Waals surface area (Å²) < 4.78 is 51.7. The van der Waals surface area contributed by atoms with Crippen molar-refractivity contribution in [2.45, 2.75) is 18.6 Å². The first-order valence-corrected chi connectivity index (χ1v) is 13.3. The quantitative estimate of drug-likeness (QED) is 0.420. The van der Waals surface area contributed by atoms with Crippen LogP contribution in [-0.4, -0.2) is 63.1 Å². The van der Waals surface area contributed by atoms with E-state index in [1.54, 1.807) is 24.1 Å². The van der Waals surface area contributed by atoms with Crippen LogP contribution in [0, 0.1) is 0 Å². The highest BCUT2D eigenvalue weighted by atomic mass is 19.4. The molecule has 5 rings (SSSR count). The molecule has 42 heavy (non-hydrogen) atoms. The van der Waals surface area contributed by atoms with E-state index in [2.05, 4.69) is 4.90 Å². The minimum atomic E-state index is -4.58. The number of piperazine rings is 1. The lowest BCUT2D eigenvalue weighted by molar-refractivity contribution is -0.141. The monoisotopic (exact) mass is 581 g/mol. The molecule has 3 aromatic carbocycles. The zero-order valence-electron chi connectivity index (χ0n) is 23.1. The molecule has 220 valence electrons. The van der Waals surface area contributed by atoms with Crippen LogP contribution in [0.25, 0.3) is 0 Å². The molecule has 0 bridgehead atoms. The van der Waals surface area contributed by atoms with Crippen LogP contribution in [0.4, 0.5) is 30.2 Å². The lowest BCUT2D eigenvalue weighted by Crippen LogP contribution is -2.55. The topological polar surface area (TPSA) is 101 Å². The second-order valence-electron chi connectivity index (χ2n) is 9.94. The fourth-order valence-electron chi connectivity index (χ4n) is 5.28. The van der Waals surface area contributed by atoms with Gasteiger partial charge in [-0.15, -0.1) is 0 Å². The first-order valence-electron chi connectivity index (χ1n) is 13.3. The lowest BCUT2D eigenvalue weighted by atomic mass is 9.95. The van der Waals surface area contributed by atoms with Crippen LogP contribution < -0.4 is 20.3 Å². The van der Waals surface area contributed by atoms with Crippen LogP contribution in [0.5, 0.6) is 5.75 Å². The number of methoxy groups -OCH3 is 2. The maximum absolute atomic E-state index is 13.8. The Balaban J connectivity index is 1.58. The Kier molecular flexibility index (Phi) is 7.97. The van der Waals surface area contributed by atoms with Crippen molar-refractivity contribution in [3.8, 4) is 5.75 Å². The predicted molar refractivity (Wildman–Crippen MR) is 152 cm³/mol. The number of guanidine groups is 1. The maximum atomic E-state index is 13.8. The zero-order valence-corrected chi connectivity index (χ0v) is 23.1. The van der Waals surface area contributed by atoms with Gasteiger partial charge in [-0.2, -0.15) is 13.2 Å². The third-order valence-corrected chi connectivity index (χ3v) is 7.44. The Morgan fingerprint density at radius 1 is 0.929 bits per heavy atom. The molecule has 1 amide bonds. The first kappa shape index (κ1) is 28.8. The number of fused-ring (bicyclic) bond motifs is 1. The molecule has 3 aromatic rings. The Morgan fingerprint density at radius 2 is 1.62 bits per heavy atom. The summed E-state index contributed by atoms with van der Waals surface area (Å²) in [6, 6.07) is 16.5. The van der Waals surface area contributed by atoms with Gasteiger partial charge in [0.15, 0.2) is 0 Å². The molecular formula is C30H30F3N5O4. The predicted octanol–water partition coefficient (Wildman–Crippen LogP) is 4.75. The molecule has 0 saturated carbocycles. The van der Waals surface area contributed by atoms with Crippen LogP contribution in [0.1, 0.15) is 33.9 Å². The second-order valence-corrected chi connectivity index (χ2v) is 9.94. The van der Waals surface area contributed by atoms with Gasteiger partial charge in [0.25, 0.3) is 0 Å². The van der Waals surface area contributed by atoms with Crippen LogP contribution >= 0.6 is 0 Å². The van der Waals surface area contributed by atoms with E-state index in [9.17, 15) is 22.8 Å². The molecular weight excluding hydrogens is 551 g/mol. The minimum absolute atomic E-state index is 0.193. The number of esters is 1. The molecule has 2 aliphatic rings. The average molecular weight is 582 g/mol. The lowest BCUT2D eigenvalue weighted by Gasteiger charge is -2.45. The van der Waals surface area contributed by atoms with Gasteiger partial charge in [0, 0.05) is 54.7 Å². The molecule has 0 radical (unpaired) electrons. The van der Waals surface area contributed by atoms with Crippen molar-refractivity contribution in [2.24, 2.45) is 10.7 Å². The summed E-state index contributed by atoms with van der Waals surface area (Å²) >= 11 is 0. The molecule has 1 fully saturated rings. The van der Waals surface area contributed by atoms with E-state index in [1.165, 1.54) is 25.3 Å². The molecule has 2 heterocycles. The van der Waals surface area contributed by atoms with Crippen LogP contribution in [0.3, 0.4) is 0 Å². The average Bonchev–Trinajstić information content (AvgIpc) is 3.00. The molecule has 9 nitrogen and oxygen atoms in total. The third kappa shape index (κ3) is 5.83. The highest BCUT2D eigenvalue weighted by molar-refractivity contribution is 6.02. The molecule has 0 aromatic heterocycles. The van der Waals surface area contributed by atoms with Gasteiger partial charge in [0.05, 0.1) is 37.9 Å². The van der Waals surface area contributed by atoms with E-state index in [4.69, 9.17) is 20.2 Å². The van der Waals surface area contributed by atoms with E-state index >= 15 is 0 Å². The first-order chi connectivity index (χ1) is 20.1. The van der Waals surface area contributed by atoms with Crippen molar-refractivity contribution in [3.05, 3.63) is 83.4 Å². The van der Waals surface area contributed by atoms with Crippen LogP contribution in [0.15, 0.2) is 71.7 Å². The molecule has 12 heteroatoms. The molecule has 0 spiro atoms. The van der Waals surface area contributed by atoms with Crippen LogP contribution in [0.2, 0.25) is 0 Å². The number of nitrogens with zero attached hydrogens (tertiary/aromatic N) is 4. The largest absolute Gasteiger partial charge is 0.497 e. The van der Waals surface area contributed by atoms with Gasteiger partial charge in [0.2, 0.25) is 11.9 Å². The maximum Gasteiger partial charge on any atom is 0.416 e. The summed E-state index contributed by atoms with van der Waals surface area (Å²) in [4.78, 5) is 35.3. The van der Waals surface area contributed by atoms with E-state index in [1.807, 2.05) is 29.2 Å². The SMILES string of the molecule is COC(=O)CC1c2cc(C(N)=O)ccc2N=C(N2CCN(c3cccc(OC)c3)CC2)N1c1cccc(C(F)(F)F)c1. The second kappa shape index (κ2) is 11.6. The molecule has 1 saturated heterocycles. The fraction of sp³-hybridized carbons (Fsp3) is 0.300. The molecule has 1 unspecified atom stereocenters. The van der Waals surface area contributed by atoms with E-state index in [0.717, 1.165) is 23.6 Å². The summed E-state index contributed by atoms with van der Waals surface area (Å²) in [6.45, 7) is 2.23. The van der Waals surface area contributed by atoms with Crippen molar-refractivity contribution in [3.63, 3.8) is 0 Å². The highest BCUT2D eigenvalue weighted by Crippen LogP contribution is 2.42. The number of aliphatic imine (C=N–C) groups is 1. The number of alkyl halides is 3. The number of benzene rings is 3. The number of primary amides is 1. The number of rotatable bonds is 6. The summed E-state index contributed by atoms with van der Waals surface area (Å²) in [6.07, 6.45) is -4.79. The number of halogens is 3. The zero-order chi connectivity index (χ0) is 30.0. The van der Waals surface area contributed by atoms with E-state index < -0.39 is 29.7 Å². The Morgan fingerprint density at radius 3 is 2.29 bits per heavy atom. The van der Waals surface area contributed by atoms with Gasteiger partial charge in [-0.05, 0) is 48.5 Å². The van der Waals surface area contributed by atoms with Crippen molar-refractivity contribution in [2.75, 3.05) is 50.2 Å². The molecule has 0 aliphatic carbocycles. The molecule has 1 atom stereocenters. The van der Waals surface area contributed by atoms with E-state index in [-0.39, 0.29) is 17.7 Å². The summed E-state index contributed by atoms with van der Waals surface area (Å²) in [5, 5.41) is 0. The van der Waals surface area contributed by atoms with Gasteiger partial charge in [0.1, 0.15) is 5.75 Å². The smallest absolute Gasteiger partial charge is 0.416 e. The normalized spacial score (nSPS) is 16.9. The van der Waals surface area contributed by atoms with Crippen molar-refractivity contribution >= 4 is 34.9 Å². The van der Waals surface area contributed by atoms with Crippen molar-refractivity contribution in [1.82, 2.24) is 4.90 Å². The summed E-state index contributed by atoms with van der Waals surface area (Å²) in [7, 11) is 2.85. The third-order valence-electron chi connectivity index (χ3n) is 7.44. The Hall–Kier alpha value is -4.74.